The number of hydrogen-bond donors (Lipinski definition) is 1. The van der Waals surface area contributed by atoms with E-state index in [9.17, 15) is 4.79 Å². The molecule has 3 aromatic rings. The number of fused-ring (bicyclic) bond motifs is 1. The summed E-state index contributed by atoms with van der Waals surface area (Å²) in [5.74, 6) is 1.83. The number of rotatable bonds is 5. The summed E-state index contributed by atoms with van der Waals surface area (Å²) in [4.78, 5) is 18.4. The van der Waals surface area contributed by atoms with Crippen LogP contribution < -0.4 is 15.0 Å². The van der Waals surface area contributed by atoms with Crippen molar-refractivity contribution in [2.45, 2.75) is 12.8 Å². The molecule has 1 aromatic carbocycles. The maximum absolute atomic E-state index is 11.9. The van der Waals surface area contributed by atoms with E-state index in [1.165, 1.54) is 0 Å². The molecule has 28 heavy (non-hydrogen) atoms. The van der Waals surface area contributed by atoms with E-state index < -0.39 is 0 Å². The van der Waals surface area contributed by atoms with Crippen LogP contribution in [0.4, 0.5) is 11.5 Å². The van der Waals surface area contributed by atoms with E-state index in [0.717, 1.165) is 25.1 Å². The predicted molar refractivity (Wildman–Crippen MR) is 106 cm³/mol. The van der Waals surface area contributed by atoms with Crippen LogP contribution in [0.1, 0.15) is 12.8 Å². The monoisotopic (exact) mass is 373 g/mol. The third kappa shape index (κ3) is 3.46. The molecular formula is C21H19N5O2. The number of aromatic nitrogens is 3. The lowest BCUT2D eigenvalue weighted by Gasteiger charge is -2.21. The van der Waals surface area contributed by atoms with Crippen LogP contribution in [-0.4, -0.2) is 27.0 Å². The van der Waals surface area contributed by atoms with Crippen molar-refractivity contribution in [1.82, 2.24) is 14.6 Å². The first-order valence-corrected chi connectivity index (χ1v) is 9.30. The van der Waals surface area contributed by atoms with Crippen LogP contribution in [0.3, 0.4) is 0 Å². The molecule has 1 aliphatic heterocycles. The van der Waals surface area contributed by atoms with E-state index in [-0.39, 0.29) is 11.8 Å². The molecule has 1 aliphatic carbocycles. The van der Waals surface area contributed by atoms with Gasteiger partial charge >= 0.3 is 0 Å². The highest BCUT2D eigenvalue weighted by Crippen LogP contribution is 2.30. The minimum atomic E-state index is 0.0262. The zero-order valence-corrected chi connectivity index (χ0v) is 15.2. The smallest absolute Gasteiger partial charge is 0.237 e. The van der Waals surface area contributed by atoms with Crippen LogP contribution in [0.15, 0.2) is 67.0 Å². The fraction of sp³-hybridized carbons (Fsp3) is 0.190. The molecule has 1 amide bonds. The van der Waals surface area contributed by atoms with Crippen LogP contribution in [0.25, 0.3) is 5.65 Å². The van der Waals surface area contributed by atoms with Crippen molar-refractivity contribution in [1.29, 1.82) is 0 Å². The SMILES string of the molecule is O=C(Nc1cn2nc(Oc3cccc(N4C=CC=CC4)c3)ccc2n1)C1CC1. The Hall–Kier alpha value is -3.61. The molecule has 7 nitrogen and oxygen atoms in total. The van der Waals surface area contributed by atoms with Crippen LogP contribution in [-0.2, 0) is 4.79 Å². The highest BCUT2D eigenvalue weighted by molar-refractivity contribution is 5.93. The van der Waals surface area contributed by atoms with Crippen LogP contribution >= 0.6 is 0 Å². The number of ether oxygens (including phenoxy) is 1. The maximum Gasteiger partial charge on any atom is 0.237 e. The van der Waals surface area contributed by atoms with E-state index in [2.05, 4.69) is 26.4 Å². The van der Waals surface area contributed by atoms with Gasteiger partial charge in [-0.2, -0.15) is 0 Å². The summed E-state index contributed by atoms with van der Waals surface area (Å²) in [5.41, 5.74) is 1.70. The minimum Gasteiger partial charge on any atom is -0.438 e. The third-order valence-electron chi connectivity index (χ3n) is 4.68. The Morgan fingerprint density at radius 3 is 2.93 bits per heavy atom. The third-order valence-corrected chi connectivity index (χ3v) is 4.68. The number of nitrogens with one attached hydrogen (secondary N) is 1. The number of benzene rings is 1. The number of carbonyl (C=O) groups excluding carboxylic acids is 1. The van der Waals surface area contributed by atoms with Crippen molar-refractivity contribution < 1.29 is 9.53 Å². The number of anilines is 2. The minimum absolute atomic E-state index is 0.0262. The van der Waals surface area contributed by atoms with Gasteiger partial charge in [0.25, 0.3) is 0 Å². The Balaban J connectivity index is 1.34. The second kappa shape index (κ2) is 6.84. The summed E-state index contributed by atoms with van der Waals surface area (Å²) in [6.45, 7) is 0.828. The molecule has 5 rings (SSSR count). The molecule has 140 valence electrons. The van der Waals surface area contributed by atoms with Crippen molar-refractivity contribution in [3.05, 3.63) is 67.0 Å². The van der Waals surface area contributed by atoms with Gasteiger partial charge in [0, 0.05) is 36.5 Å². The van der Waals surface area contributed by atoms with Crippen molar-refractivity contribution >= 4 is 23.1 Å². The van der Waals surface area contributed by atoms with Crippen molar-refractivity contribution in [3.63, 3.8) is 0 Å². The van der Waals surface area contributed by atoms with Gasteiger partial charge in [-0.3, -0.25) is 4.79 Å². The fourth-order valence-electron chi connectivity index (χ4n) is 3.06. The van der Waals surface area contributed by atoms with Crippen molar-refractivity contribution in [2.24, 2.45) is 5.92 Å². The molecule has 1 fully saturated rings. The second-order valence-electron chi connectivity index (χ2n) is 6.89. The Bertz CT molecular complexity index is 1100. The number of allylic oxidation sites excluding steroid dienone is 2. The number of carbonyl (C=O) groups is 1. The molecule has 7 heteroatoms. The quantitative estimate of drug-likeness (QED) is 0.737. The first-order chi connectivity index (χ1) is 13.7. The van der Waals surface area contributed by atoms with Crippen molar-refractivity contribution in [3.8, 4) is 11.6 Å². The average molecular weight is 373 g/mol. The van der Waals surface area contributed by atoms with Gasteiger partial charge in [-0.25, -0.2) is 9.50 Å². The van der Waals surface area contributed by atoms with Gasteiger partial charge in [0.2, 0.25) is 11.8 Å². The molecule has 1 N–H and O–H groups in total. The van der Waals surface area contributed by atoms with Crippen LogP contribution in [0.5, 0.6) is 11.6 Å². The van der Waals surface area contributed by atoms with Gasteiger partial charge in [-0.05, 0) is 37.1 Å². The lowest BCUT2D eigenvalue weighted by Crippen LogP contribution is -2.17. The predicted octanol–water partition coefficient (Wildman–Crippen LogP) is 3.76. The normalized spacial score (nSPS) is 15.8. The standard InChI is InChI=1S/C21H19N5O2/c27-21(15-7-8-15)23-18-14-26-19(22-18)9-10-20(24-26)28-17-6-4-5-16(13-17)25-11-2-1-3-12-25/h1-6,9-11,13-15H,7-8,12H2,(H,23,27). The van der Waals surface area contributed by atoms with E-state index in [0.29, 0.717) is 23.1 Å². The Morgan fingerprint density at radius 1 is 1.18 bits per heavy atom. The summed E-state index contributed by atoms with van der Waals surface area (Å²) >= 11 is 0. The van der Waals surface area contributed by atoms with E-state index in [1.807, 2.05) is 48.7 Å². The number of imidazole rings is 1. The molecule has 0 bridgehead atoms. The van der Waals surface area contributed by atoms with Crippen LogP contribution in [0.2, 0.25) is 0 Å². The Kier molecular flexibility index (Phi) is 4.05. The number of amides is 1. The molecule has 3 heterocycles. The van der Waals surface area contributed by atoms with E-state index in [1.54, 1.807) is 16.8 Å². The Labute approximate surface area is 161 Å². The van der Waals surface area contributed by atoms with Gasteiger partial charge in [0.05, 0.1) is 6.20 Å². The second-order valence-corrected chi connectivity index (χ2v) is 6.89. The van der Waals surface area contributed by atoms with Gasteiger partial charge in [-0.1, -0.05) is 18.2 Å². The fourth-order valence-corrected chi connectivity index (χ4v) is 3.06. The highest BCUT2D eigenvalue weighted by Gasteiger charge is 2.30. The molecule has 0 atom stereocenters. The molecule has 0 saturated heterocycles. The molecule has 1 saturated carbocycles. The number of hydrogen-bond acceptors (Lipinski definition) is 5. The zero-order chi connectivity index (χ0) is 18.9. The number of nitrogens with zero attached hydrogens (tertiary/aromatic N) is 4. The highest BCUT2D eigenvalue weighted by atomic mass is 16.5. The first-order valence-electron chi connectivity index (χ1n) is 9.30. The molecule has 2 aliphatic rings. The topological polar surface area (TPSA) is 71.8 Å². The molecule has 0 radical (unpaired) electrons. The van der Waals surface area contributed by atoms with Crippen LogP contribution in [0, 0.1) is 5.92 Å². The zero-order valence-electron chi connectivity index (χ0n) is 15.2. The summed E-state index contributed by atoms with van der Waals surface area (Å²) < 4.78 is 7.55. The lowest BCUT2D eigenvalue weighted by molar-refractivity contribution is -0.117. The Morgan fingerprint density at radius 2 is 2.11 bits per heavy atom. The lowest BCUT2D eigenvalue weighted by atomic mass is 10.2. The average Bonchev–Trinajstić information content (AvgIpc) is 3.50. The summed E-state index contributed by atoms with van der Waals surface area (Å²) in [5, 5.41) is 7.28. The van der Waals surface area contributed by atoms with Gasteiger partial charge in [0.15, 0.2) is 11.5 Å². The molecule has 2 aromatic heterocycles. The summed E-state index contributed by atoms with van der Waals surface area (Å²) in [7, 11) is 0. The maximum atomic E-state index is 11.9. The summed E-state index contributed by atoms with van der Waals surface area (Å²) in [6, 6.07) is 11.5. The van der Waals surface area contributed by atoms with E-state index >= 15 is 0 Å². The molecule has 0 unspecified atom stereocenters. The molecular weight excluding hydrogens is 354 g/mol. The first kappa shape index (κ1) is 16.6. The van der Waals surface area contributed by atoms with Gasteiger partial charge in [-0.15, -0.1) is 5.10 Å². The molecule has 0 spiro atoms. The van der Waals surface area contributed by atoms with Gasteiger partial charge in [0.1, 0.15) is 5.75 Å². The van der Waals surface area contributed by atoms with E-state index in [4.69, 9.17) is 4.74 Å². The summed E-state index contributed by atoms with van der Waals surface area (Å²) in [6.07, 6.45) is 11.8. The van der Waals surface area contributed by atoms with Gasteiger partial charge < -0.3 is 15.0 Å². The largest absolute Gasteiger partial charge is 0.438 e. The van der Waals surface area contributed by atoms with Crippen molar-refractivity contribution in [2.75, 3.05) is 16.8 Å².